The molecule has 0 saturated carbocycles. The minimum atomic E-state index is -4.51. The molecule has 6 nitrogen and oxygen atoms in total. The predicted molar refractivity (Wildman–Crippen MR) is 69.9 cm³/mol. The van der Waals surface area contributed by atoms with E-state index in [9.17, 15) is 22.8 Å². The molecule has 0 amide bonds. The Morgan fingerprint density at radius 1 is 1.50 bits per heavy atom. The van der Waals surface area contributed by atoms with Crippen molar-refractivity contribution in [2.45, 2.75) is 19.1 Å². The summed E-state index contributed by atoms with van der Waals surface area (Å²) in [5.41, 5.74) is -0.435. The lowest BCUT2D eigenvalue weighted by molar-refractivity contribution is -0.153. The van der Waals surface area contributed by atoms with Crippen LogP contribution in [-0.4, -0.2) is 33.4 Å². The number of carboxylic acid groups (broad SMARTS) is 1. The molecular formula is C13H11F3N2O4. The molecule has 1 N–H and O–H groups in total. The molecule has 2 aromatic heterocycles. The SMILES string of the molecule is CC(C(=O)O)n1ccc2ncc(OCC(F)(F)F)cc2c1=O. The first-order chi connectivity index (χ1) is 10.2. The molecule has 1 atom stereocenters. The minimum Gasteiger partial charge on any atom is -0.482 e. The van der Waals surface area contributed by atoms with E-state index in [-0.39, 0.29) is 16.7 Å². The Labute approximate surface area is 121 Å². The average molecular weight is 316 g/mol. The quantitative estimate of drug-likeness (QED) is 0.933. The van der Waals surface area contributed by atoms with Crippen LogP contribution in [0, 0.1) is 0 Å². The number of aliphatic carboxylic acids is 1. The van der Waals surface area contributed by atoms with Crippen LogP contribution in [0.1, 0.15) is 13.0 Å². The monoisotopic (exact) mass is 316 g/mol. The summed E-state index contributed by atoms with van der Waals surface area (Å²) in [5.74, 6) is -1.43. The van der Waals surface area contributed by atoms with Crippen molar-refractivity contribution in [2.24, 2.45) is 0 Å². The summed E-state index contributed by atoms with van der Waals surface area (Å²) in [7, 11) is 0. The Hall–Kier alpha value is -2.58. The van der Waals surface area contributed by atoms with Crippen LogP contribution in [0.2, 0.25) is 0 Å². The zero-order valence-corrected chi connectivity index (χ0v) is 11.3. The molecule has 2 heterocycles. The molecule has 1 unspecified atom stereocenters. The summed E-state index contributed by atoms with van der Waals surface area (Å²) >= 11 is 0. The Morgan fingerprint density at radius 3 is 2.77 bits per heavy atom. The van der Waals surface area contributed by atoms with E-state index in [1.807, 2.05) is 0 Å². The van der Waals surface area contributed by atoms with E-state index < -0.39 is 30.4 Å². The molecule has 0 aliphatic rings. The fraction of sp³-hybridized carbons (Fsp3) is 0.308. The van der Waals surface area contributed by atoms with Gasteiger partial charge in [-0.15, -0.1) is 0 Å². The number of carboxylic acids is 1. The molecule has 2 rings (SSSR count). The second kappa shape index (κ2) is 5.66. The van der Waals surface area contributed by atoms with Crippen LogP contribution in [0.3, 0.4) is 0 Å². The first kappa shape index (κ1) is 15.8. The number of aromatic nitrogens is 2. The summed E-state index contributed by atoms with van der Waals surface area (Å²) in [5, 5.41) is 8.92. The Bertz CT molecular complexity index is 770. The standard InChI is InChI=1S/C13H11F3N2O4/c1-7(12(20)21)18-3-2-10-9(11(18)19)4-8(5-17-10)22-6-13(14,15)16/h2-5,7H,6H2,1H3,(H,20,21). The summed E-state index contributed by atoms with van der Waals surface area (Å²) in [6.45, 7) is -0.195. The number of nitrogens with zero attached hydrogens (tertiary/aromatic N) is 2. The van der Waals surface area contributed by atoms with Crippen molar-refractivity contribution in [2.75, 3.05) is 6.61 Å². The van der Waals surface area contributed by atoms with Crippen LogP contribution in [0.5, 0.6) is 5.75 Å². The van der Waals surface area contributed by atoms with Crippen molar-refractivity contribution in [1.82, 2.24) is 9.55 Å². The molecule has 0 aliphatic carbocycles. The maximum absolute atomic E-state index is 12.2. The van der Waals surface area contributed by atoms with Gasteiger partial charge in [-0.25, -0.2) is 4.79 Å². The van der Waals surface area contributed by atoms with Gasteiger partial charge in [-0.2, -0.15) is 13.2 Å². The fourth-order valence-electron chi connectivity index (χ4n) is 1.79. The van der Waals surface area contributed by atoms with Crippen LogP contribution in [0.25, 0.3) is 10.9 Å². The minimum absolute atomic E-state index is 0.0183. The molecule has 0 radical (unpaired) electrons. The van der Waals surface area contributed by atoms with Gasteiger partial charge in [0.25, 0.3) is 5.56 Å². The lowest BCUT2D eigenvalue weighted by Crippen LogP contribution is -2.27. The predicted octanol–water partition coefficient (Wildman–Crippen LogP) is 1.98. The van der Waals surface area contributed by atoms with Crippen molar-refractivity contribution in [3.05, 3.63) is 34.9 Å². The third-order valence-corrected chi connectivity index (χ3v) is 2.93. The van der Waals surface area contributed by atoms with Gasteiger partial charge in [-0.3, -0.25) is 9.78 Å². The smallest absolute Gasteiger partial charge is 0.422 e. The van der Waals surface area contributed by atoms with Gasteiger partial charge in [0.05, 0.1) is 17.1 Å². The van der Waals surface area contributed by atoms with E-state index in [4.69, 9.17) is 5.11 Å². The van der Waals surface area contributed by atoms with Crippen LogP contribution >= 0.6 is 0 Å². The van der Waals surface area contributed by atoms with Crippen LogP contribution in [-0.2, 0) is 4.79 Å². The highest BCUT2D eigenvalue weighted by atomic mass is 19.4. The van der Waals surface area contributed by atoms with E-state index in [1.165, 1.54) is 19.2 Å². The van der Waals surface area contributed by atoms with Gasteiger partial charge in [0.2, 0.25) is 0 Å². The number of carbonyl (C=O) groups is 1. The number of ether oxygens (including phenoxy) is 1. The van der Waals surface area contributed by atoms with Gasteiger partial charge in [0, 0.05) is 6.20 Å². The van der Waals surface area contributed by atoms with Crippen molar-refractivity contribution in [1.29, 1.82) is 0 Å². The highest BCUT2D eigenvalue weighted by Crippen LogP contribution is 2.20. The second-order valence-corrected chi connectivity index (χ2v) is 4.55. The lowest BCUT2D eigenvalue weighted by Gasteiger charge is -2.12. The van der Waals surface area contributed by atoms with Crippen LogP contribution in [0.15, 0.2) is 29.3 Å². The number of halogens is 3. The van der Waals surface area contributed by atoms with Gasteiger partial charge in [-0.1, -0.05) is 0 Å². The van der Waals surface area contributed by atoms with Crippen LogP contribution in [0.4, 0.5) is 13.2 Å². The van der Waals surface area contributed by atoms with Crippen molar-refractivity contribution in [3.63, 3.8) is 0 Å². The van der Waals surface area contributed by atoms with E-state index in [1.54, 1.807) is 0 Å². The topological polar surface area (TPSA) is 81.4 Å². The van der Waals surface area contributed by atoms with Crippen LogP contribution < -0.4 is 10.3 Å². The zero-order valence-electron chi connectivity index (χ0n) is 11.3. The van der Waals surface area contributed by atoms with Crippen molar-refractivity contribution < 1.29 is 27.8 Å². The highest BCUT2D eigenvalue weighted by Gasteiger charge is 2.28. The summed E-state index contributed by atoms with van der Waals surface area (Å²) in [6, 6.07) is 1.40. The molecule has 0 fully saturated rings. The Morgan fingerprint density at radius 2 is 2.18 bits per heavy atom. The molecule has 9 heteroatoms. The molecule has 2 aromatic rings. The van der Waals surface area contributed by atoms with Gasteiger partial charge >= 0.3 is 12.1 Å². The Kier molecular flexibility index (Phi) is 4.07. The third-order valence-electron chi connectivity index (χ3n) is 2.93. The first-order valence-corrected chi connectivity index (χ1v) is 6.12. The molecule has 0 aromatic carbocycles. The molecule has 0 bridgehead atoms. The number of rotatable bonds is 4. The van der Waals surface area contributed by atoms with E-state index in [0.29, 0.717) is 0 Å². The molecule has 118 valence electrons. The Balaban J connectivity index is 2.44. The molecule has 0 saturated heterocycles. The second-order valence-electron chi connectivity index (χ2n) is 4.55. The molecule has 0 spiro atoms. The zero-order chi connectivity index (χ0) is 16.5. The highest BCUT2D eigenvalue weighted by molar-refractivity contribution is 5.79. The largest absolute Gasteiger partial charge is 0.482 e. The summed E-state index contributed by atoms with van der Waals surface area (Å²) in [6.07, 6.45) is -2.17. The maximum Gasteiger partial charge on any atom is 0.422 e. The lowest BCUT2D eigenvalue weighted by atomic mass is 10.2. The number of alkyl halides is 3. The van der Waals surface area contributed by atoms with Gasteiger partial charge < -0.3 is 14.4 Å². The van der Waals surface area contributed by atoms with Crippen molar-refractivity contribution in [3.8, 4) is 5.75 Å². The molecule has 0 aliphatic heterocycles. The van der Waals surface area contributed by atoms with Gasteiger partial charge in [0.15, 0.2) is 6.61 Å². The van der Waals surface area contributed by atoms with Gasteiger partial charge in [0.1, 0.15) is 11.8 Å². The van der Waals surface area contributed by atoms with E-state index in [0.717, 1.165) is 16.8 Å². The fourth-order valence-corrected chi connectivity index (χ4v) is 1.79. The number of hydrogen-bond acceptors (Lipinski definition) is 4. The number of pyridine rings is 2. The summed E-state index contributed by atoms with van der Waals surface area (Å²) in [4.78, 5) is 27.0. The van der Waals surface area contributed by atoms with E-state index in [2.05, 4.69) is 9.72 Å². The molecular weight excluding hydrogens is 305 g/mol. The number of hydrogen-bond donors (Lipinski definition) is 1. The molecule has 22 heavy (non-hydrogen) atoms. The maximum atomic E-state index is 12.2. The normalized spacial score (nSPS) is 13.1. The third kappa shape index (κ3) is 3.35. The van der Waals surface area contributed by atoms with E-state index >= 15 is 0 Å². The van der Waals surface area contributed by atoms with Gasteiger partial charge in [-0.05, 0) is 19.1 Å². The summed E-state index contributed by atoms with van der Waals surface area (Å²) < 4.78 is 41.8. The number of fused-ring (bicyclic) bond motifs is 1. The average Bonchev–Trinajstić information content (AvgIpc) is 2.44. The first-order valence-electron chi connectivity index (χ1n) is 6.12. The van der Waals surface area contributed by atoms with Crippen molar-refractivity contribution >= 4 is 16.9 Å².